The van der Waals surface area contributed by atoms with Crippen molar-refractivity contribution in [3.8, 4) is 0 Å². The zero-order valence-corrected chi connectivity index (χ0v) is 11.8. The number of hydrogen-bond donors (Lipinski definition) is 1. The molecule has 1 unspecified atom stereocenters. The molecule has 17 heavy (non-hydrogen) atoms. The van der Waals surface area contributed by atoms with Gasteiger partial charge in [0.1, 0.15) is 10.0 Å². The monoisotopic (exact) mass is 267 g/mol. The van der Waals surface area contributed by atoms with Crippen LogP contribution in [0.25, 0.3) is 0 Å². The summed E-state index contributed by atoms with van der Waals surface area (Å²) in [6, 6.07) is 4.53. The Labute approximate surface area is 110 Å². The maximum Gasteiger partial charge on any atom is 0.134 e. The molecule has 0 aliphatic heterocycles. The van der Waals surface area contributed by atoms with Gasteiger partial charge in [0, 0.05) is 11.3 Å². The Morgan fingerprint density at radius 3 is 3.00 bits per heavy atom. The summed E-state index contributed by atoms with van der Waals surface area (Å²) >= 11 is 3.48. The van der Waals surface area contributed by atoms with Crippen molar-refractivity contribution in [2.75, 3.05) is 6.54 Å². The van der Waals surface area contributed by atoms with Crippen LogP contribution in [0.4, 0.5) is 0 Å². The number of rotatable bonds is 6. The molecule has 0 fully saturated rings. The third-order valence-electron chi connectivity index (χ3n) is 2.46. The van der Waals surface area contributed by atoms with Crippen LogP contribution in [0.2, 0.25) is 0 Å². The normalized spacial score (nSPS) is 12.8. The van der Waals surface area contributed by atoms with E-state index in [1.165, 1.54) is 4.88 Å². The van der Waals surface area contributed by atoms with E-state index in [1.807, 2.05) is 0 Å². The first kappa shape index (κ1) is 12.7. The lowest BCUT2D eigenvalue weighted by Gasteiger charge is -2.08. The quantitative estimate of drug-likeness (QED) is 0.873. The summed E-state index contributed by atoms with van der Waals surface area (Å²) in [4.78, 5) is 1.35. The van der Waals surface area contributed by atoms with Gasteiger partial charge in [0.25, 0.3) is 0 Å². The highest BCUT2D eigenvalue weighted by Crippen LogP contribution is 2.21. The smallest absolute Gasteiger partial charge is 0.134 e. The molecule has 5 heteroatoms. The summed E-state index contributed by atoms with van der Waals surface area (Å²) in [6.45, 7) is 5.34. The number of thiophene rings is 1. The Kier molecular flexibility index (Phi) is 4.65. The maximum absolute atomic E-state index is 4.26. The molecule has 1 N–H and O–H groups in total. The van der Waals surface area contributed by atoms with E-state index in [-0.39, 0.29) is 0 Å². The van der Waals surface area contributed by atoms with E-state index < -0.39 is 0 Å². The van der Waals surface area contributed by atoms with Gasteiger partial charge in [0.15, 0.2) is 0 Å². The lowest BCUT2D eigenvalue weighted by molar-refractivity contribution is 0.564. The molecule has 0 aliphatic rings. The number of nitrogens with one attached hydrogen (secondary N) is 1. The molecular weight excluding hydrogens is 250 g/mol. The summed E-state index contributed by atoms with van der Waals surface area (Å²) in [5, 5.41) is 16.2. The molecule has 2 rings (SSSR count). The minimum atomic E-state index is 0.310. The van der Waals surface area contributed by atoms with Gasteiger partial charge in [-0.05, 0) is 31.3 Å². The van der Waals surface area contributed by atoms with Gasteiger partial charge >= 0.3 is 0 Å². The molecule has 0 aliphatic carbocycles. The molecule has 92 valence electrons. The number of nitrogens with zero attached hydrogens (tertiary/aromatic N) is 2. The fourth-order valence-electron chi connectivity index (χ4n) is 1.52. The fraction of sp³-hybridized carbons (Fsp3) is 0.500. The van der Waals surface area contributed by atoms with Crippen molar-refractivity contribution in [1.82, 2.24) is 15.5 Å². The number of hydrogen-bond acceptors (Lipinski definition) is 5. The van der Waals surface area contributed by atoms with Gasteiger partial charge in [0.05, 0.1) is 6.04 Å². The zero-order chi connectivity index (χ0) is 12.1. The van der Waals surface area contributed by atoms with Crippen LogP contribution in [-0.4, -0.2) is 16.7 Å². The topological polar surface area (TPSA) is 37.8 Å². The van der Waals surface area contributed by atoms with E-state index in [4.69, 9.17) is 0 Å². The van der Waals surface area contributed by atoms with E-state index in [1.54, 1.807) is 22.7 Å². The van der Waals surface area contributed by atoms with E-state index in [2.05, 4.69) is 46.9 Å². The average molecular weight is 267 g/mol. The summed E-state index contributed by atoms with van der Waals surface area (Å²) in [5.41, 5.74) is 0. The fourth-order valence-corrected chi connectivity index (χ4v) is 3.22. The van der Waals surface area contributed by atoms with Gasteiger partial charge in [-0.2, -0.15) is 0 Å². The van der Waals surface area contributed by atoms with Gasteiger partial charge in [-0.1, -0.05) is 24.3 Å². The van der Waals surface area contributed by atoms with Gasteiger partial charge in [-0.25, -0.2) is 0 Å². The highest BCUT2D eigenvalue weighted by Gasteiger charge is 2.11. The van der Waals surface area contributed by atoms with Crippen molar-refractivity contribution in [1.29, 1.82) is 0 Å². The molecule has 0 saturated heterocycles. The molecule has 3 nitrogen and oxygen atoms in total. The van der Waals surface area contributed by atoms with Crippen molar-refractivity contribution in [2.45, 2.75) is 32.7 Å². The standard InChI is InChI=1S/C12H17N3S2/c1-3-6-13-9(2)12-15-14-11(17-12)8-10-5-4-7-16-10/h4-5,7,9,13H,3,6,8H2,1-2H3. The summed E-state index contributed by atoms with van der Waals surface area (Å²) in [5.74, 6) is 0. The Balaban J connectivity index is 1.95. The van der Waals surface area contributed by atoms with Crippen molar-refractivity contribution in [3.05, 3.63) is 32.4 Å². The first-order valence-electron chi connectivity index (χ1n) is 5.87. The summed E-state index contributed by atoms with van der Waals surface area (Å²) in [7, 11) is 0. The lowest BCUT2D eigenvalue weighted by atomic mass is 10.3. The molecule has 0 saturated carbocycles. The summed E-state index contributed by atoms with van der Waals surface area (Å²) < 4.78 is 0. The summed E-state index contributed by atoms with van der Waals surface area (Å²) in [6.07, 6.45) is 2.06. The van der Waals surface area contributed by atoms with Crippen LogP contribution in [-0.2, 0) is 6.42 Å². The van der Waals surface area contributed by atoms with Gasteiger partial charge in [-0.15, -0.1) is 21.5 Å². The second-order valence-electron chi connectivity index (χ2n) is 3.97. The van der Waals surface area contributed by atoms with Crippen LogP contribution in [0, 0.1) is 0 Å². The second kappa shape index (κ2) is 6.23. The third-order valence-corrected chi connectivity index (χ3v) is 4.44. The highest BCUT2D eigenvalue weighted by molar-refractivity contribution is 7.12. The van der Waals surface area contributed by atoms with Crippen molar-refractivity contribution < 1.29 is 0 Å². The van der Waals surface area contributed by atoms with Crippen LogP contribution < -0.4 is 5.32 Å². The number of aromatic nitrogens is 2. The molecule has 0 aromatic carbocycles. The lowest BCUT2D eigenvalue weighted by Crippen LogP contribution is -2.18. The van der Waals surface area contributed by atoms with Crippen LogP contribution >= 0.6 is 22.7 Å². The van der Waals surface area contributed by atoms with E-state index >= 15 is 0 Å². The Bertz CT molecular complexity index is 436. The van der Waals surface area contributed by atoms with Gasteiger partial charge in [-0.3, -0.25) is 0 Å². The van der Waals surface area contributed by atoms with Gasteiger partial charge in [0.2, 0.25) is 0 Å². The van der Waals surface area contributed by atoms with Crippen molar-refractivity contribution in [2.24, 2.45) is 0 Å². The van der Waals surface area contributed by atoms with Crippen molar-refractivity contribution >= 4 is 22.7 Å². The van der Waals surface area contributed by atoms with Crippen LogP contribution in [0.15, 0.2) is 17.5 Å². The molecule has 0 radical (unpaired) electrons. The third kappa shape index (κ3) is 3.59. The molecule has 2 heterocycles. The molecule has 0 spiro atoms. The first-order valence-corrected chi connectivity index (χ1v) is 7.57. The molecular formula is C12H17N3S2. The van der Waals surface area contributed by atoms with E-state index in [0.29, 0.717) is 6.04 Å². The molecule has 2 aromatic heterocycles. The van der Waals surface area contributed by atoms with Crippen LogP contribution in [0.1, 0.15) is 41.2 Å². The average Bonchev–Trinajstić information content (AvgIpc) is 2.98. The SMILES string of the molecule is CCCNC(C)c1nnc(Cc2cccs2)s1. The molecule has 2 aromatic rings. The molecule has 1 atom stereocenters. The Morgan fingerprint density at radius 1 is 1.41 bits per heavy atom. The van der Waals surface area contributed by atoms with Crippen LogP contribution in [0.5, 0.6) is 0 Å². The predicted molar refractivity (Wildman–Crippen MR) is 73.7 cm³/mol. The van der Waals surface area contributed by atoms with Crippen molar-refractivity contribution in [3.63, 3.8) is 0 Å². The zero-order valence-electron chi connectivity index (χ0n) is 10.1. The Morgan fingerprint density at radius 2 is 2.29 bits per heavy atom. The Hall–Kier alpha value is -0.780. The minimum absolute atomic E-state index is 0.310. The first-order chi connectivity index (χ1) is 8.29. The highest BCUT2D eigenvalue weighted by atomic mass is 32.1. The molecule has 0 amide bonds. The molecule has 0 bridgehead atoms. The minimum Gasteiger partial charge on any atom is -0.308 e. The van der Waals surface area contributed by atoms with E-state index in [0.717, 1.165) is 29.4 Å². The predicted octanol–water partition coefficient (Wildman–Crippen LogP) is 3.25. The second-order valence-corrected chi connectivity index (χ2v) is 6.09. The van der Waals surface area contributed by atoms with Crippen LogP contribution in [0.3, 0.4) is 0 Å². The van der Waals surface area contributed by atoms with Gasteiger partial charge < -0.3 is 5.32 Å². The largest absolute Gasteiger partial charge is 0.308 e. The maximum atomic E-state index is 4.26. The van der Waals surface area contributed by atoms with E-state index in [9.17, 15) is 0 Å².